The number of allylic oxidation sites excluding steroid dienone is 1. The lowest BCUT2D eigenvalue weighted by Gasteiger charge is -1.81. The van der Waals surface area contributed by atoms with Gasteiger partial charge in [-0.1, -0.05) is 23.2 Å². The van der Waals surface area contributed by atoms with E-state index in [0.29, 0.717) is 15.0 Å². The van der Waals surface area contributed by atoms with E-state index in [2.05, 4.69) is 0 Å². The summed E-state index contributed by atoms with van der Waals surface area (Å²) >= 11 is 12.7. The molecule has 0 amide bonds. The van der Waals surface area contributed by atoms with E-state index in [4.69, 9.17) is 23.2 Å². The summed E-state index contributed by atoms with van der Waals surface area (Å²) in [4.78, 5) is 9.94. The standard InChI is InChI=1S/C7H4Cl2OS/c8-6-4-5(2-1-3-10)7(9)11-6/h1-4H/b2-1+. The third-order valence-corrected chi connectivity index (χ3v) is 2.56. The van der Waals surface area contributed by atoms with Gasteiger partial charge in [-0.25, -0.2) is 0 Å². The number of thiophene rings is 1. The summed E-state index contributed by atoms with van der Waals surface area (Å²) in [6.07, 6.45) is 3.70. The van der Waals surface area contributed by atoms with Crippen LogP contribution < -0.4 is 0 Å². The van der Waals surface area contributed by atoms with Gasteiger partial charge in [0.2, 0.25) is 0 Å². The van der Waals surface area contributed by atoms with Gasteiger partial charge >= 0.3 is 0 Å². The van der Waals surface area contributed by atoms with Gasteiger partial charge in [0.1, 0.15) is 10.6 Å². The molecule has 0 radical (unpaired) electrons. The Bertz CT molecular complexity index is 291. The third kappa shape index (κ3) is 2.33. The zero-order valence-corrected chi connectivity index (χ0v) is 7.71. The van der Waals surface area contributed by atoms with Gasteiger partial charge in [0.15, 0.2) is 0 Å². The van der Waals surface area contributed by atoms with Gasteiger partial charge in [-0.05, 0) is 18.2 Å². The fourth-order valence-electron chi connectivity index (χ4n) is 0.610. The molecule has 1 rings (SSSR count). The SMILES string of the molecule is O=C/C=C/c1cc(Cl)sc1Cl. The lowest BCUT2D eigenvalue weighted by Crippen LogP contribution is -1.63. The summed E-state index contributed by atoms with van der Waals surface area (Å²) in [5, 5.41) is 0. The van der Waals surface area contributed by atoms with Crippen molar-refractivity contribution in [2.75, 3.05) is 0 Å². The number of rotatable bonds is 2. The molecular formula is C7H4Cl2OS. The van der Waals surface area contributed by atoms with Crippen molar-refractivity contribution in [3.05, 3.63) is 26.4 Å². The number of carbonyl (C=O) groups is 1. The minimum Gasteiger partial charge on any atom is -0.299 e. The third-order valence-electron chi connectivity index (χ3n) is 1.04. The molecule has 0 spiro atoms. The van der Waals surface area contributed by atoms with Gasteiger partial charge in [-0.3, -0.25) is 4.79 Å². The minimum atomic E-state index is 0.605. The van der Waals surface area contributed by atoms with E-state index in [1.807, 2.05) is 0 Å². The van der Waals surface area contributed by atoms with Gasteiger partial charge in [-0.15, -0.1) is 11.3 Å². The monoisotopic (exact) mass is 206 g/mol. The zero-order valence-electron chi connectivity index (χ0n) is 5.38. The smallest absolute Gasteiger partial charge is 0.142 e. The summed E-state index contributed by atoms with van der Waals surface area (Å²) in [6, 6.07) is 1.72. The molecule has 11 heavy (non-hydrogen) atoms. The fraction of sp³-hybridized carbons (Fsp3) is 0. The Morgan fingerprint density at radius 3 is 2.64 bits per heavy atom. The van der Waals surface area contributed by atoms with Crippen molar-refractivity contribution in [3.8, 4) is 0 Å². The Morgan fingerprint density at radius 2 is 2.18 bits per heavy atom. The maximum Gasteiger partial charge on any atom is 0.142 e. The van der Waals surface area contributed by atoms with Crippen LogP contribution in [0.3, 0.4) is 0 Å². The maximum atomic E-state index is 9.94. The first-order valence-corrected chi connectivity index (χ1v) is 4.38. The summed E-state index contributed by atoms with van der Waals surface area (Å²) in [5.74, 6) is 0. The first-order chi connectivity index (χ1) is 5.24. The lowest BCUT2D eigenvalue weighted by molar-refractivity contribution is -0.104. The zero-order chi connectivity index (χ0) is 8.27. The Kier molecular flexibility index (Phi) is 3.12. The van der Waals surface area contributed by atoms with Crippen LogP contribution in [-0.2, 0) is 4.79 Å². The van der Waals surface area contributed by atoms with Crippen LogP contribution in [-0.4, -0.2) is 6.29 Å². The van der Waals surface area contributed by atoms with Crippen LogP contribution >= 0.6 is 34.5 Å². The van der Waals surface area contributed by atoms with Crippen molar-refractivity contribution in [1.29, 1.82) is 0 Å². The molecule has 4 heteroatoms. The van der Waals surface area contributed by atoms with Gasteiger partial charge in [0.25, 0.3) is 0 Å². The largest absolute Gasteiger partial charge is 0.299 e. The normalized spacial score (nSPS) is 10.7. The molecule has 0 unspecified atom stereocenters. The first-order valence-electron chi connectivity index (χ1n) is 2.80. The first kappa shape index (κ1) is 8.78. The van der Waals surface area contributed by atoms with Gasteiger partial charge in [0.05, 0.1) is 4.34 Å². The van der Waals surface area contributed by atoms with E-state index in [1.54, 1.807) is 12.1 Å². The van der Waals surface area contributed by atoms with Crippen LogP contribution in [0.15, 0.2) is 12.1 Å². The number of carbonyl (C=O) groups excluding carboxylic acids is 1. The van der Waals surface area contributed by atoms with Gasteiger partial charge < -0.3 is 0 Å². The molecule has 58 valence electrons. The van der Waals surface area contributed by atoms with Crippen molar-refractivity contribution in [2.24, 2.45) is 0 Å². The van der Waals surface area contributed by atoms with Crippen LogP contribution in [0.5, 0.6) is 0 Å². The molecule has 0 N–H and O–H groups in total. The average Bonchev–Trinajstić information content (AvgIpc) is 2.26. The van der Waals surface area contributed by atoms with Crippen LogP contribution in [0.25, 0.3) is 6.08 Å². The summed E-state index contributed by atoms with van der Waals surface area (Å²) in [5.41, 5.74) is 0.786. The van der Waals surface area contributed by atoms with E-state index in [-0.39, 0.29) is 0 Å². The minimum absolute atomic E-state index is 0.605. The molecule has 0 saturated carbocycles. The predicted octanol–water partition coefficient (Wildman–Crippen LogP) is 3.27. The summed E-state index contributed by atoms with van der Waals surface area (Å²) in [6.45, 7) is 0. The highest BCUT2D eigenvalue weighted by atomic mass is 35.5. The molecule has 0 aliphatic rings. The molecule has 0 saturated heterocycles. The average molecular weight is 207 g/mol. The number of aldehydes is 1. The highest BCUT2D eigenvalue weighted by Gasteiger charge is 2.00. The molecule has 1 aromatic heterocycles. The maximum absolute atomic E-state index is 9.94. The molecule has 0 aliphatic heterocycles. The number of hydrogen-bond acceptors (Lipinski definition) is 2. The predicted molar refractivity (Wildman–Crippen MR) is 49.4 cm³/mol. The molecule has 1 heterocycles. The molecule has 1 nitrogen and oxygen atoms in total. The van der Waals surface area contributed by atoms with Crippen molar-refractivity contribution in [2.45, 2.75) is 0 Å². The van der Waals surface area contributed by atoms with Crippen LogP contribution in [0, 0.1) is 0 Å². The van der Waals surface area contributed by atoms with E-state index in [9.17, 15) is 4.79 Å². The molecule has 0 fully saturated rings. The Balaban J connectivity index is 2.93. The topological polar surface area (TPSA) is 17.1 Å². The van der Waals surface area contributed by atoms with Crippen LogP contribution in [0.1, 0.15) is 5.56 Å². The Hall–Kier alpha value is -0.310. The number of hydrogen-bond donors (Lipinski definition) is 0. The van der Waals surface area contributed by atoms with Crippen molar-refractivity contribution < 1.29 is 4.79 Å². The van der Waals surface area contributed by atoms with Crippen molar-refractivity contribution >= 4 is 46.9 Å². The molecule has 0 atom stereocenters. The van der Waals surface area contributed by atoms with Crippen molar-refractivity contribution in [1.82, 2.24) is 0 Å². The molecule has 0 bridgehead atoms. The second-order valence-corrected chi connectivity index (χ2v) is 4.06. The van der Waals surface area contributed by atoms with E-state index in [1.165, 1.54) is 17.4 Å². The highest BCUT2D eigenvalue weighted by Crippen LogP contribution is 2.31. The second-order valence-electron chi connectivity index (χ2n) is 1.77. The van der Waals surface area contributed by atoms with Gasteiger partial charge in [0, 0.05) is 5.56 Å². The highest BCUT2D eigenvalue weighted by molar-refractivity contribution is 7.20. The Morgan fingerprint density at radius 1 is 1.45 bits per heavy atom. The number of halogens is 2. The quantitative estimate of drug-likeness (QED) is 0.537. The van der Waals surface area contributed by atoms with Crippen LogP contribution in [0.4, 0.5) is 0 Å². The fourth-order valence-corrected chi connectivity index (χ4v) is 2.05. The Labute approximate surface area is 78.2 Å². The van der Waals surface area contributed by atoms with E-state index >= 15 is 0 Å². The molecule has 0 aliphatic carbocycles. The van der Waals surface area contributed by atoms with Crippen molar-refractivity contribution in [3.63, 3.8) is 0 Å². The second kappa shape index (κ2) is 3.90. The summed E-state index contributed by atoms with van der Waals surface area (Å²) in [7, 11) is 0. The van der Waals surface area contributed by atoms with Gasteiger partial charge in [-0.2, -0.15) is 0 Å². The molecule has 1 aromatic rings. The van der Waals surface area contributed by atoms with E-state index < -0.39 is 0 Å². The van der Waals surface area contributed by atoms with E-state index in [0.717, 1.165) is 5.56 Å². The van der Waals surface area contributed by atoms with Crippen LogP contribution in [0.2, 0.25) is 8.67 Å². The summed E-state index contributed by atoms with van der Waals surface area (Å²) < 4.78 is 1.23. The molecule has 0 aromatic carbocycles. The lowest BCUT2D eigenvalue weighted by atomic mass is 10.3. The molecular weight excluding hydrogens is 203 g/mol.